The van der Waals surface area contributed by atoms with Gasteiger partial charge in [0.25, 0.3) is 5.91 Å². The Morgan fingerprint density at radius 3 is 2.37 bits per heavy atom. The first-order chi connectivity index (χ1) is 16.5. The lowest BCUT2D eigenvalue weighted by molar-refractivity contribution is -0.175. The number of Topliss-reactive ketones (excluding diaryl/α,β-unsaturated/α-hetero) is 1. The number of rotatable bonds is 8. The molecule has 1 atom stereocenters. The summed E-state index contributed by atoms with van der Waals surface area (Å²) in [5, 5.41) is 4.05. The smallest absolute Gasteiger partial charge is 0.411 e. The number of primary amides is 1. The van der Waals surface area contributed by atoms with Gasteiger partial charge in [-0.3, -0.25) is 9.59 Å². The van der Waals surface area contributed by atoms with Crippen LogP contribution in [0.4, 0.5) is 23.4 Å². The number of carbonyl (C=O) groups excluding carboxylic acids is 2. The molecule has 4 N–H and O–H groups in total. The van der Waals surface area contributed by atoms with Crippen LogP contribution in [0.25, 0.3) is 11.3 Å². The van der Waals surface area contributed by atoms with Gasteiger partial charge in [-0.25, -0.2) is 9.07 Å². The van der Waals surface area contributed by atoms with Gasteiger partial charge in [0.1, 0.15) is 28.6 Å². The Morgan fingerprint density at radius 1 is 1.17 bits per heavy atom. The van der Waals surface area contributed by atoms with Crippen LogP contribution in [-0.4, -0.2) is 34.8 Å². The minimum Gasteiger partial charge on any atom is -0.496 e. The summed E-state index contributed by atoms with van der Waals surface area (Å²) in [7, 11) is 1.37. The Bertz CT molecular complexity index is 1280. The lowest BCUT2D eigenvalue weighted by Crippen LogP contribution is -2.30. The van der Waals surface area contributed by atoms with Gasteiger partial charge < -0.3 is 16.2 Å². The zero-order valence-electron chi connectivity index (χ0n) is 18.6. The van der Waals surface area contributed by atoms with Crippen LogP contribution < -0.4 is 16.2 Å². The van der Waals surface area contributed by atoms with Gasteiger partial charge in [0.15, 0.2) is 11.8 Å². The Morgan fingerprint density at radius 2 is 1.83 bits per heavy atom. The summed E-state index contributed by atoms with van der Waals surface area (Å²) in [6.07, 6.45) is -3.93. The van der Waals surface area contributed by atoms with Gasteiger partial charge in [-0.05, 0) is 42.5 Å². The second kappa shape index (κ2) is 9.05. The van der Waals surface area contributed by atoms with Crippen molar-refractivity contribution in [1.82, 2.24) is 9.78 Å². The molecule has 1 fully saturated rings. The zero-order chi connectivity index (χ0) is 25.5. The highest BCUT2D eigenvalue weighted by Gasteiger charge is 2.52. The topological polar surface area (TPSA) is 113 Å². The molecule has 35 heavy (non-hydrogen) atoms. The molecule has 1 heterocycles. The number of aromatic nitrogens is 2. The Hall–Kier alpha value is -3.89. The van der Waals surface area contributed by atoms with Crippen molar-refractivity contribution >= 4 is 17.5 Å². The van der Waals surface area contributed by atoms with Crippen LogP contribution in [-0.2, 0) is 6.42 Å². The lowest BCUT2D eigenvalue weighted by Gasteiger charge is -2.21. The third-order valence-electron chi connectivity index (χ3n) is 5.92. The van der Waals surface area contributed by atoms with Crippen molar-refractivity contribution in [3.8, 4) is 17.0 Å². The van der Waals surface area contributed by atoms with Crippen molar-refractivity contribution in [2.45, 2.75) is 31.5 Å². The monoisotopic (exact) mass is 490 g/mol. The van der Waals surface area contributed by atoms with E-state index < -0.39 is 41.5 Å². The van der Waals surface area contributed by atoms with E-state index in [0.29, 0.717) is 28.7 Å². The van der Waals surface area contributed by atoms with E-state index in [4.69, 9.17) is 16.2 Å². The molecular formula is C24H22F4N4O3. The molecule has 1 aliphatic carbocycles. The van der Waals surface area contributed by atoms with Crippen molar-refractivity contribution in [2.75, 3.05) is 12.8 Å². The quantitative estimate of drug-likeness (QED) is 0.361. The third kappa shape index (κ3) is 4.84. The van der Waals surface area contributed by atoms with Gasteiger partial charge in [-0.2, -0.15) is 18.3 Å². The highest BCUT2D eigenvalue weighted by Crippen LogP contribution is 2.49. The van der Waals surface area contributed by atoms with E-state index >= 15 is 0 Å². The lowest BCUT2D eigenvalue weighted by atomic mass is 9.99. The van der Waals surface area contributed by atoms with Crippen LogP contribution in [0.15, 0.2) is 42.5 Å². The van der Waals surface area contributed by atoms with Crippen molar-refractivity contribution in [2.24, 2.45) is 11.7 Å². The number of benzene rings is 2. The number of halogens is 4. The van der Waals surface area contributed by atoms with E-state index in [1.807, 2.05) is 0 Å². The van der Waals surface area contributed by atoms with E-state index in [9.17, 15) is 27.2 Å². The fraction of sp³-hybridized carbons (Fsp3) is 0.292. The standard InChI is InChI=1S/C24H22F4N4O3/c1-35-18-9-8-15(25)11-16(18)17(33)10-12-2-4-13(5-3-12)20-19(23(30)34)22(29)32(31-20)21(14-6-7-14)24(26,27)28/h2-5,8-9,11,14,21H,6-7,10,29H2,1H3,(H2,30,34). The minimum atomic E-state index is -4.60. The number of nitrogens with zero attached hydrogens (tertiary/aromatic N) is 2. The molecule has 3 aromatic rings. The van der Waals surface area contributed by atoms with Crippen LogP contribution >= 0.6 is 0 Å². The summed E-state index contributed by atoms with van der Waals surface area (Å²) >= 11 is 0. The van der Waals surface area contributed by atoms with E-state index in [-0.39, 0.29) is 29.0 Å². The Labute approximate surface area is 197 Å². The molecule has 0 saturated heterocycles. The molecule has 1 unspecified atom stereocenters. The summed E-state index contributed by atoms with van der Waals surface area (Å²) in [4.78, 5) is 24.7. The maximum atomic E-state index is 13.7. The average Bonchev–Trinajstić information content (AvgIpc) is 3.56. The maximum Gasteiger partial charge on any atom is 0.411 e. The molecular weight excluding hydrogens is 468 g/mol. The van der Waals surface area contributed by atoms with Gasteiger partial charge in [-0.15, -0.1) is 0 Å². The van der Waals surface area contributed by atoms with Crippen molar-refractivity contribution in [3.05, 3.63) is 65.0 Å². The van der Waals surface area contributed by atoms with E-state index in [1.165, 1.54) is 31.4 Å². The highest BCUT2D eigenvalue weighted by molar-refractivity contribution is 6.03. The number of hydrogen-bond acceptors (Lipinski definition) is 5. The number of methoxy groups -OCH3 is 1. The number of carbonyl (C=O) groups is 2. The average molecular weight is 490 g/mol. The largest absolute Gasteiger partial charge is 0.496 e. The fourth-order valence-corrected chi connectivity index (χ4v) is 4.08. The first-order valence-electron chi connectivity index (χ1n) is 10.7. The van der Waals surface area contributed by atoms with Crippen molar-refractivity contribution < 1.29 is 31.9 Å². The Kier molecular flexibility index (Phi) is 6.27. The third-order valence-corrected chi connectivity index (χ3v) is 5.92. The number of alkyl halides is 3. The van der Waals surface area contributed by atoms with E-state index in [0.717, 1.165) is 6.07 Å². The molecule has 1 amide bonds. The fourth-order valence-electron chi connectivity index (χ4n) is 4.08. The summed E-state index contributed by atoms with van der Waals surface area (Å²) in [5.41, 5.74) is 11.9. The molecule has 0 radical (unpaired) electrons. The zero-order valence-corrected chi connectivity index (χ0v) is 18.6. The highest BCUT2D eigenvalue weighted by atomic mass is 19.4. The number of ketones is 1. The van der Waals surface area contributed by atoms with Gasteiger partial charge in [0, 0.05) is 12.0 Å². The van der Waals surface area contributed by atoms with Gasteiger partial charge in [0.2, 0.25) is 0 Å². The predicted octanol–water partition coefficient (Wildman–Crippen LogP) is 4.32. The first kappa shape index (κ1) is 24.2. The molecule has 1 saturated carbocycles. The van der Waals surface area contributed by atoms with Crippen LogP contribution in [0, 0.1) is 11.7 Å². The molecule has 0 spiro atoms. The van der Waals surface area contributed by atoms with Crippen LogP contribution in [0.2, 0.25) is 0 Å². The van der Waals surface area contributed by atoms with Crippen LogP contribution in [0.5, 0.6) is 5.75 Å². The van der Waals surface area contributed by atoms with Gasteiger partial charge >= 0.3 is 6.18 Å². The van der Waals surface area contributed by atoms with E-state index in [2.05, 4.69) is 5.10 Å². The minimum absolute atomic E-state index is 0.0745. The SMILES string of the molecule is COc1ccc(F)cc1C(=O)Cc1ccc(-c2nn(C(C3CC3)C(F)(F)F)c(N)c2C(N)=O)cc1. The summed E-state index contributed by atoms with van der Waals surface area (Å²) < 4.78 is 60.5. The van der Waals surface area contributed by atoms with Gasteiger partial charge in [-0.1, -0.05) is 24.3 Å². The second-order valence-electron chi connectivity index (χ2n) is 8.38. The number of amides is 1. The van der Waals surface area contributed by atoms with Gasteiger partial charge in [0.05, 0.1) is 12.7 Å². The number of nitrogens with two attached hydrogens (primary N) is 2. The summed E-state index contributed by atoms with van der Waals surface area (Å²) in [6.45, 7) is 0. The molecule has 2 aromatic carbocycles. The summed E-state index contributed by atoms with van der Waals surface area (Å²) in [6, 6.07) is 7.79. The van der Waals surface area contributed by atoms with Crippen LogP contribution in [0.3, 0.4) is 0 Å². The molecule has 0 bridgehead atoms. The maximum absolute atomic E-state index is 13.7. The van der Waals surface area contributed by atoms with E-state index in [1.54, 1.807) is 12.1 Å². The summed E-state index contributed by atoms with van der Waals surface area (Å²) in [5.74, 6) is -2.86. The second-order valence-corrected chi connectivity index (χ2v) is 8.38. The number of hydrogen-bond donors (Lipinski definition) is 2. The van der Waals surface area contributed by atoms with Crippen molar-refractivity contribution in [3.63, 3.8) is 0 Å². The van der Waals surface area contributed by atoms with Crippen LogP contribution in [0.1, 0.15) is 45.2 Å². The van der Waals surface area contributed by atoms with Crippen molar-refractivity contribution in [1.29, 1.82) is 0 Å². The molecule has 1 aliphatic rings. The first-order valence-corrected chi connectivity index (χ1v) is 10.7. The Balaban J connectivity index is 1.65. The molecule has 7 nitrogen and oxygen atoms in total. The molecule has 184 valence electrons. The number of anilines is 1. The predicted molar refractivity (Wildman–Crippen MR) is 119 cm³/mol. The number of nitrogen functional groups attached to an aromatic ring is 1. The molecule has 11 heteroatoms. The number of ether oxygens (including phenoxy) is 1. The normalized spacial score (nSPS) is 14.5. The molecule has 1 aromatic heterocycles. The molecule has 0 aliphatic heterocycles. The molecule has 4 rings (SSSR count).